The number of halogens is 1. The van der Waals surface area contributed by atoms with Gasteiger partial charge in [-0.05, 0) is 42.0 Å². The molecule has 0 saturated carbocycles. The summed E-state index contributed by atoms with van der Waals surface area (Å²) in [6.45, 7) is 0. The van der Waals surface area contributed by atoms with Crippen molar-refractivity contribution in [3.8, 4) is 28.4 Å². The van der Waals surface area contributed by atoms with Crippen LogP contribution in [-0.2, 0) is 0 Å². The zero-order valence-electron chi connectivity index (χ0n) is 10.1. The Bertz CT molecular complexity index is 547. The first-order valence-electron chi connectivity index (χ1n) is 5.36. The summed E-state index contributed by atoms with van der Waals surface area (Å²) in [5, 5.41) is 9.64. The second-order valence-electron chi connectivity index (χ2n) is 3.76. The molecule has 0 bridgehead atoms. The van der Waals surface area contributed by atoms with Gasteiger partial charge in [0, 0.05) is 10.0 Å². The maximum absolute atomic E-state index is 9.64. The van der Waals surface area contributed by atoms with Crippen LogP contribution < -0.4 is 9.47 Å². The molecule has 0 heterocycles. The maximum atomic E-state index is 9.64. The topological polar surface area (TPSA) is 38.7 Å². The number of phenols is 1. The van der Waals surface area contributed by atoms with Crippen molar-refractivity contribution < 1.29 is 14.6 Å². The molecule has 4 heteroatoms. The molecule has 2 rings (SSSR count). The SMILES string of the molecule is COc1ccc(OC)c(-c2cc(O)cc(Br)c2)c1. The minimum atomic E-state index is 0.198. The summed E-state index contributed by atoms with van der Waals surface area (Å²) in [5.74, 6) is 1.67. The van der Waals surface area contributed by atoms with E-state index in [0.717, 1.165) is 27.1 Å². The van der Waals surface area contributed by atoms with E-state index in [0.29, 0.717) is 0 Å². The van der Waals surface area contributed by atoms with Gasteiger partial charge in [-0.2, -0.15) is 0 Å². The lowest BCUT2D eigenvalue weighted by Crippen LogP contribution is -1.90. The molecule has 94 valence electrons. The third-order valence-electron chi connectivity index (χ3n) is 2.60. The minimum absolute atomic E-state index is 0.198. The first-order valence-corrected chi connectivity index (χ1v) is 6.15. The number of aromatic hydroxyl groups is 1. The lowest BCUT2D eigenvalue weighted by Gasteiger charge is -2.11. The smallest absolute Gasteiger partial charge is 0.126 e. The molecule has 2 aromatic carbocycles. The van der Waals surface area contributed by atoms with Gasteiger partial charge in [0.25, 0.3) is 0 Å². The Labute approximate surface area is 114 Å². The van der Waals surface area contributed by atoms with Crippen molar-refractivity contribution in [2.24, 2.45) is 0 Å². The van der Waals surface area contributed by atoms with Gasteiger partial charge in [0.1, 0.15) is 17.2 Å². The fourth-order valence-electron chi connectivity index (χ4n) is 1.77. The number of benzene rings is 2. The monoisotopic (exact) mass is 308 g/mol. The van der Waals surface area contributed by atoms with E-state index in [9.17, 15) is 5.11 Å². The summed E-state index contributed by atoms with van der Waals surface area (Å²) >= 11 is 3.36. The standard InChI is InChI=1S/C14H13BrO3/c1-17-12-3-4-14(18-2)13(8-12)9-5-10(15)7-11(16)6-9/h3-8,16H,1-2H3. The van der Waals surface area contributed by atoms with Gasteiger partial charge >= 0.3 is 0 Å². The number of hydrogen-bond donors (Lipinski definition) is 1. The number of ether oxygens (including phenoxy) is 2. The normalized spacial score (nSPS) is 10.2. The Kier molecular flexibility index (Phi) is 3.77. The van der Waals surface area contributed by atoms with Crippen LogP contribution in [-0.4, -0.2) is 19.3 Å². The van der Waals surface area contributed by atoms with Gasteiger partial charge < -0.3 is 14.6 Å². The van der Waals surface area contributed by atoms with Gasteiger partial charge in [-0.15, -0.1) is 0 Å². The summed E-state index contributed by atoms with van der Waals surface area (Å²) in [6.07, 6.45) is 0. The van der Waals surface area contributed by atoms with Crippen LogP contribution in [0.3, 0.4) is 0 Å². The van der Waals surface area contributed by atoms with E-state index in [-0.39, 0.29) is 5.75 Å². The summed E-state index contributed by atoms with van der Waals surface area (Å²) in [7, 11) is 3.23. The molecule has 0 fully saturated rings. The molecule has 0 aliphatic carbocycles. The van der Waals surface area contributed by atoms with Crippen LogP contribution in [0, 0.1) is 0 Å². The average Bonchev–Trinajstić information content (AvgIpc) is 2.36. The highest BCUT2D eigenvalue weighted by Crippen LogP contribution is 2.36. The fourth-order valence-corrected chi connectivity index (χ4v) is 2.25. The summed E-state index contributed by atoms with van der Waals surface area (Å²) in [6, 6.07) is 10.8. The van der Waals surface area contributed by atoms with E-state index in [4.69, 9.17) is 9.47 Å². The molecule has 0 radical (unpaired) electrons. The lowest BCUT2D eigenvalue weighted by atomic mass is 10.0. The predicted molar refractivity (Wildman–Crippen MR) is 74.3 cm³/mol. The van der Waals surface area contributed by atoms with Gasteiger partial charge in [-0.1, -0.05) is 15.9 Å². The van der Waals surface area contributed by atoms with Crippen LogP contribution >= 0.6 is 15.9 Å². The van der Waals surface area contributed by atoms with E-state index >= 15 is 0 Å². The summed E-state index contributed by atoms with van der Waals surface area (Å²) in [4.78, 5) is 0. The lowest BCUT2D eigenvalue weighted by molar-refractivity contribution is 0.404. The fraction of sp³-hybridized carbons (Fsp3) is 0.143. The van der Waals surface area contributed by atoms with E-state index in [1.165, 1.54) is 0 Å². The molecule has 0 aliphatic rings. The Morgan fingerprint density at radius 1 is 1.00 bits per heavy atom. The molecular weight excluding hydrogens is 296 g/mol. The predicted octanol–water partition coefficient (Wildman–Crippen LogP) is 3.84. The van der Waals surface area contributed by atoms with Crippen molar-refractivity contribution >= 4 is 15.9 Å². The molecule has 1 N–H and O–H groups in total. The third kappa shape index (κ3) is 2.59. The average molecular weight is 309 g/mol. The van der Waals surface area contributed by atoms with E-state index in [2.05, 4.69) is 15.9 Å². The summed E-state index contributed by atoms with van der Waals surface area (Å²) in [5.41, 5.74) is 1.73. The van der Waals surface area contributed by atoms with Crippen LogP contribution in [0.5, 0.6) is 17.2 Å². The molecule has 3 nitrogen and oxygen atoms in total. The first-order chi connectivity index (χ1) is 8.63. The molecule has 0 atom stereocenters. The van der Waals surface area contributed by atoms with E-state index in [1.807, 2.05) is 24.3 Å². The number of phenolic OH excluding ortho intramolecular Hbond substituents is 1. The van der Waals surface area contributed by atoms with Gasteiger partial charge in [0.05, 0.1) is 14.2 Å². The minimum Gasteiger partial charge on any atom is -0.508 e. The molecule has 0 aromatic heterocycles. The van der Waals surface area contributed by atoms with Crippen LogP contribution in [0.4, 0.5) is 0 Å². The third-order valence-corrected chi connectivity index (χ3v) is 3.06. The van der Waals surface area contributed by atoms with Crippen LogP contribution in [0.2, 0.25) is 0 Å². The molecule has 0 aliphatic heterocycles. The highest BCUT2D eigenvalue weighted by Gasteiger charge is 2.09. The Morgan fingerprint density at radius 2 is 1.78 bits per heavy atom. The molecule has 0 unspecified atom stereocenters. The highest BCUT2D eigenvalue weighted by atomic mass is 79.9. The second-order valence-corrected chi connectivity index (χ2v) is 4.68. The Morgan fingerprint density at radius 3 is 2.39 bits per heavy atom. The zero-order chi connectivity index (χ0) is 13.1. The second kappa shape index (κ2) is 5.31. The van der Waals surface area contributed by atoms with Gasteiger partial charge in [0.2, 0.25) is 0 Å². The number of rotatable bonds is 3. The van der Waals surface area contributed by atoms with Crippen molar-refractivity contribution in [2.75, 3.05) is 14.2 Å². The van der Waals surface area contributed by atoms with Gasteiger partial charge in [-0.3, -0.25) is 0 Å². The molecule has 2 aromatic rings. The van der Waals surface area contributed by atoms with E-state index < -0.39 is 0 Å². The van der Waals surface area contributed by atoms with Crippen LogP contribution in [0.25, 0.3) is 11.1 Å². The summed E-state index contributed by atoms with van der Waals surface area (Å²) < 4.78 is 11.3. The van der Waals surface area contributed by atoms with Crippen molar-refractivity contribution in [1.82, 2.24) is 0 Å². The van der Waals surface area contributed by atoms with Gasteiger partial charge in [0.15, 0.2) is 0 Å². The quantitative estimate of drug-likeness (QED) is 0.936. The van der Waals surface area contributed by atoms with Crippen molar-refractivity contribution in [3.05, 3.63) is 40.9 Å². The molecule has 0 amide bonds. The van der Waals surface area contributed by atoms with Crippen molar-refractivity contribution in [2.45, 2.75) is 0 Å². The molecule has 0 saturated heterocycles. The first kappa shape index (κ1) is 12.8. The molecular formula is C14H13BrO3. The maximum Gasteiger partial charge on any atom is 0.126 e. The van der Waals surface area contributed by atoms with Crippen LogP contribution in [0.15, 0.2) is 40.9 Å². The van der Waals surface area contributed by atoms with Crippen molar-refractivity contribution in [3.63, 3.8) is 0 Å². The Balaban J connectivity index is 2.60. The zero-order valence-corrected chi connectivity index (χ0v) is 11.7. The number of methoxy groups -OCH3 is 2. The molecule has 0 spiro atoms. The van der Waals surface area contributed by atoms with E-state index in [1.54, 1.807) is 26.4 Å². The van der Waals surface area contributed by atoms with Gasteiger partial charge in [-0.25, -0.2) is 0 Å². The Hall–Kier alpha value is -1.68. The highest BCUT2D eigenvalue weighted by molar-refractivity contribution is 9.10. The molecule has 18 heavy (non-hydrogen) atoms. The van der Waals surface area contributed by atoms with Crippen molar-refractivity contribution in [1.29, 1.82) is 0 Å². The largest absolute Gasteiger partial charge is 0.508 e. The van der Waals surface area contributed by atoms with Crippen LogP contribution in [0.1, 0.15) is 0 Å². The number of hydrogen-bond acceptors (Lipinski definition) is 3.